The van der Waals surface area contributed by atoms with E-state index in [4.69, 9.17) is 5.26 Å². The Morgan fingerprint density at radius 2 is 1.83 bits per heavy atom. The number of likely N-dealkylation sites (N-methyl/N-ethyl adjacent to an activating group) is 1. The molecule has 24 heavy (non-hydrogen) atoms. The lowest BCUT2D eigenvalue weighted by Gasteiger charge is -2.34. The quantitative estimate of drug-likeness (QED) is 0.889. The third-order valence-corrected chi connectivity index (χ3v) is 4.14. The molecule has 0 spiro atoms. The Hall–Kier alpha value is -2.85. The van der Waals surface area contributed by atoms with E-state index in [1.165, 1.54) is 11.9 Å². The van der Waals surface area contributed by atoms with Gasteiger partial charge in [-0.1, -0.05) is 0 Å². The minimum absolute atomic E-state index is 0.425. The zero-order valence-corrected chi connectivity index (χ0v) is 14.0. The smallest absolute Gasteiger partial charge is 0.229 e. The molecule has 0 aliphatic carbocycles. The number of rotatable bonds is 4. The summed E-state index contributed by atoms with van der Waals surface area (Å²) in [6.45, 7) is 4.28. The van der Waals surface area contributed by atoms with Gasteiger partial charge in [0, 0.05) is 44.6 Å². The maximum absolute atomic E-state index is 9.00. The molecule has 1 aliphatic heterocycles. The number of nitrogens with one attached hydrogen (secondary N) is 2. The Kier molecular flexibility index (Phi) is 4.77. The van der Waals surface area contributed by atoms with Gasteiger partial charge in [0.25, 0.3) is 0 Å². The molecular formula is C17H21N7. The van der Waals surface area contributed by atoms with Crippen LogP contribution in [0.15, 0.2) is 30.5 Å². The van der Waals surface area contributed by atoms with Crippen molar-refractivity contribution in [2.45, 2.75) is 0 Å². The Morgan fingerprint density at radius 3 is 2.46 bits per heavy atom. The summed E-state index contributed by atoms with van der Waals surface area (Å²) in [7, 11) is 3.89. The molecule has 124 valence electrons. The molecule has 1 aromatic carbocycles. The van der Waals surface area contributed by atoms with Crippen LogP contribution in [0.2, 0.25) is 0 Å². The Morgan fingerprint density at radius 1 is 1.12 bits per heavy atom. The lowest BCUT2D eigenvalue weighted by Crippen LogP contribution is -2.44. The molecule has 1 fully saturated rings. The van der Waals surface area contributed by atoms with Gasteiger partial charge in [-0.15, -0.1) is 0 Å². The molecule has 0 amide bonds. The summed E-state index contributed by atoms with van der Waals surface area (Å²) < 4.78 is 0. The van der Waals surface area contributed by atoms with Gasteiger partial charge in [-0.3, -0.25) is 0 Å². The highest BCUT2D eigenvalue weighted by molar-refractivity contribution is 5.61. The highest BCUT2D eigenvalue weighted by Crippen LogP contribution is 2.21. The van der Waals surface area contributed by atoms with Gasteiger partial charge in [0.15, 0.2) is 0 Å². The van der Waals surface area contributed by atoms with Crippen LogP contribution in [0, 0.1) is 11.3 Å². The normalized spacial score (nSPS) is 15.0. The lowest BCUT2D eigenvalue weighted by atomic mass is 10.2. The average molecular weight is 323 g/mol. The zero-order valence-electron chi connectivity index (χ0n) is 14.0. The molecule has 0 atom stereocenters. The van der Waals surface area contributed by atoms with Crippen molar-refractivity contribution in [3.8, 4) is 6.07 Å². The second-order valence-electron chi connectivity index (χ2n) is 5.78. The molecule has 0 bridgehead atoms. The lowest BCUT2D eigenvalue weighted by molar-refractivity contribution is 0.313. The first kappa shape index (κ1) is 16.0. The SMILES string of the molecule is CNc1nc(Nc2ccc(N3CCN(C)CC3)cc2)ncc1C#N. The average Bonchev–Trinajstić information content (AvgIpc) is 2.63. The summed E-state index contributed by atoms with van der Waals surface area (Å²) in [5, 5.41) is 15.1. The summed E-state index contributed by atoms with van der Waals surface area (Å²) >= 11 is 0. The zero-order chi connectivity index (χ0) is 16.9. The van der Waals surface area contributed by atoms with Crippen LogP contribution in [0.1, 0.15) is 5.56 Å². The number of aromatic nitrogens is 2. The fraction of sp³-hybridized carbons (Fsp3) is 0.353. The number of nitriles is 1. The van der Waals surface area contributed by atoms with Crippen molar-refractivity contribution in [1.82, 2.24) is 14.9 Å². The predicted octanol–water partition coefficient (Wildman–Crippen LogP) is 1.89. The molecule has 0 unspecified atom stereocenters. The van der Waals surface area contributed by atoms with Gasteiger partial charge in [0.1, 0.15) is 17.5 Å². The van der Waals surface area contributed by atoms with E-state index in [1.807, 2.05) is 12.1 Å². The van der Waals surface area contributed by atoms with Crippen molar-refractivity contribution >= 4 is 23.1 Å². The predicted molar refractivity (Wildman–Crippen MR) is 95.7 cm³/mol. The molecule has 3 rings (SSSR count). The van der Waals surface area contributed by atoms with E-state index in [2.05, 4.69) is 55.7 Å². The summed E-state index contributed by atoms with van der Waals surface area (Å²) in [5.74, 6) is 0.981. The minimum Gasteiger partial charge on any atom is -0.372 e. The Bertz CT molecular complexity index is 728. The molecule has 2 N–H and O–H groups in total. The third kappa shape index (κ3) is 3.55. The largest absolute Gasteiger partial charge is 0.372 e. The second kappa shape index (κ2) is 7.15. The highest BCUT2D eigenvalue weighted by Gasteiger charge is 2.14. The van der Waals surface area contributed by atoms with Crippen LogP contribution in [0.4, 0.5) is 23.1 Å². The molecule has 1 aromatic heterocycles. The van der Waals surface area contributed by atoms with Crippen molar-refractivity contribution < 1.29 is 0 Å². The fourth-order valence-electron chi connectivity index (χ4n) is 2.66. The van der Waals surface area contributed by atoms with Gasteiger partial charge in [0.2, 0.25) is 5.95 Å². The van der Waals surface area contributed by atoms with Crippen LogP contribution in [0.5, 0.6) is 0 Å². The van der Waals surface area contributed by atoms with Crippen LogP contribution < -0.4 is 15.5 Å². The second-order valence-corrected chi connectivity index (χ2v) is 5.78. The first-order valence-corrected chi connectivity index (χ1v) is 7.95. The monoisotopic (exact) mass is 323 g/mol. The number of benzene rings is 1. The van der Waals surface area contributed by atoms with Crippen LogP contribution in [0.3, 0.4) is 0 Å². The Balaban J connectivity index is 1.69. The molecule has 0 radical (unpaired) electrons. The van der Waals surface area contributed by atoms with Crippen LogP contribution >= 0.6 is 0 Å². The van der Waals surface area contributed by atoms with E-state index in [-0.39, 0.29) is 0 Å². The number of hydrogen-bond donors (Lipinski definition) is 2. The number of anilines is 4. The van der Waals surface area contributed by atoms with Gasteiger partial charge >= 0.3 is 0 Å². The van der Waals surface area contributed by atoms with Gasteiger partial charge < -0.3 is 20.4 Å². The summed E-state index contributed by atoms with van der Waals surface area (Å²) in [6, 6.07) is 10.3. The van der Waals surface area contributed by atoms with Crippen molar-refractivity contribution in [3.63, 3.8) is 0 Å². The van der Waals surface area contributed by atoms with Crippen LogP contribution in [-0.4, -0.2) is 55.1 Å². The van der Waals surface area contributed by atoms with E-state index < -0.39 is 0 Å². The number of piperazine rings is 1. The minimum atomic E-state index is 0.425. The molecule has 7 heteroatoms. The van der Waals surface area contributed by atoms with Gasteiger partial charge in [0.05, 0.1) is 6.20 Å². The standard InChI is InChI=1S/C17H21N7/c1-19-16-13(11-18)12-20-17(22-16)21-14-3-5-15(6-4-14)24-9-7-23(2)8-10-24/h3-6,12H,7-10H2,1-2H3,(H2,19,20,21,22). The molecule has 2 aromatic rings. The number of nitrogens with zero attached hydrogens (tertiary/aromatic N) is 5. The highest BCUT2D eigenvalue weighted by atomic mass is 15.2. The Labute approximate surface area is 141 Å². The maximum atomic E-state index is 9.00. The summed E-state index contributed by atoms with van der Waals surface area (Å²) in [5.41, 5.74) is 2.57. The first-order chi connectivity index (χ1) is 11.7. The van der Waals surface area contributed by atoms with Crippen molar-refractivity contribution in [3.05, 3.63) is 36.0 Å². The fourth-order valence-corrected chi connectivity index (χ4v) is 2.66. The van der Waals surface area contributed by atoms with Gasteiger partial charge in [-0.2, -0.15) is 10.2 Å². The maximum Gasteiger partial charge on any atom is 0.229 e. The topological polar surface area (TPSA) is 80.1 Å². The third-order valence-electron chi connectivity index (χ3n) is 4.14. The van der Waals surface area contributed by atoms with Crippen LogP contribution in [-0.2, 0) is 0 Å². The summed E-state index contributed by atoms with van der Waals surface area (Å²) in [4.78, 5) is 13.2. The molecular weight excluding hydrogens is 302 g/mol. The van der Waals surface area contributed by atoms with E-state index in [0.717, 1.165) is 31.9 Å². The van der Waals surface area contributed by atoms with E-state index in [0.29, 0.717) is 17.3 Å². The van der Waals surface area contributed by atoms with Gasteiger partial charge in [-0.05, 0) is 31.3 Å². The summed E-state index contributed by atoms with van der Waals surface area (Å²) in [6.07, 6.45) is 1.51. The molecule has 1 aliphatic rings. The first-order valence-electron chi connectivity index (χ1n) is 7.95. The molecule has 1 saturated heterocycles. The van der Waals surface area contributed by atoms with Crippen molar-refractivity contribution in [1.29, 1.82) is 5.26 Å². The van der Waals surface area contributed by atoms with E-state index in [9.17, 15) is 0 Å². The molecule has 7 nitrogen and oxygen atoms in total. The van der Waals surface area contributed by atoms with Crippen LogP contribution in [0.25, 0.3) is 0 Å². The van der Waals surface area contributed by atoms with Crippen molar-refractivity contribution in [2.75, 3.05) is 55.8 Å². The number of hydrogen-bond acceptors (Lipinski definition) is 7. The molecule has 0 saturated carbocycles. The van der Waals surface area contributed by atoms with Gasteiger partial charge in [-0.25, -0.2) is 4.98 Å². The van der Waals surface area contributed by atoms with E-state index in [1.54, 1.807) is 7.05 Å². The molecule has 2 heterocycles. The van der Waals surface area contributed by atoms with Crippen molar-refractivity contribution in [2.24, 2.45) is 0 Å². The van der Waals surface area contributed by atoms with E-state index >= 15 is 0 Å².